The van der Waals surface area contributed by atoms with Crippen molar-refractivity contribution >= 4 is 10.1 Å². The number of hydrogen-bond donors (Lipinski definition) is 0. The molecule has 1 heterocycles. The van der Waals surface area contributed by atoms with Gasteiger partial charge in [-0.25, -0.2) is 4.98 Å². The Labute approximate surface area is 117 Å². The van der Waals surface area contributed by atoms with Gasteiger partial charge < -0.3 is 13.7 Å². The van der Waals surface area contributed by atoms with E-state index in [0.717, 1.165) is 0 Å². The molecule has 1 aromatic carbocycles. The van der Waals surface area contributed by atoms with E-state index < -0.39 is 10.1 Å². The smallest absolute Gasteiger partial charge is 0.344 e. The standard InChI is InChI=1S/C13H13NO5S/c1-17-10-6-7-11(18-2)12(9-10)20(15,16)19-13-5-3-4-8-14-13/h3-9H,1-2H3. The van der Waals surface area contributed by atoms with E-state index in [9.17, 15) is 8.42 Å². The summed E-state index contributed by atoms with van der Waals surface area (Å²) in [6.07, 6.45) is 1.44. The third-order valence-corrected chi connectivity index (χ3v) is 3.72. The monoisotopic (exact) mass is 295 g/mol. The predicted octanol–water partition coefficient (Wildman–Crippen LogP) is 1.87. The molecule has 0 aliphatic carbocycles. The van der Waals surface area contributed by atoms with Crippen LogP contribution in [-0.2, 0) is 10.1 Å². The van der Waals surface area contributed by atoms with Gasteiger partial charge in [-0.2, -0.15) is 8.42 Å². The summed E-state index contributed by atoms with van der Waals surface area (Å²) in [5.74, 6) is 0.535. The summed E-state index contributed by atoms with van der Waals surface area (Å²) in [5, 5.41) is 0. The molecule has 20 heavy (non-hydrogen) atoms. The third-order valence-electron chi connectivity index (χ3n) is 2.47. The van der Waals surface area contributed by atoms with Crippen molar-refractivity contribution in [3.8, 4) is 17.4 Å². The van der Waals surface area contributed by atoms with Crippen LogP contribution in [0.3, 0.4) is 0 Å². The van der Waals surface area contributed by atoms with Gasteiger partial charge in [0.05, 0.1) is 14.2 Å². The second-order valence-electron chi connectivity index (χ2n) is 3.72. The van der Waals surface area contributed by atoms with Crippen LogP contribution in [0.25, 0.3) is 0 Å². The van der Waals surface area contributed by atoms with Gasteiger partial charge in [0.15, 0.2) is 4.90 Å². The van der Waals surface area contributed by atoms with E-state index in [2.05, 4.69) is 4.98 Å². The molecule has 0 atom stereocenters. The van der Waals surface area contributed by atoms with E-state index >= 15 is 0 Å². The van der Waals surface area contributed by atoms with Crippen LogP contribution in [-0.4, -0.2) is 27.6 Å². The molecule has 0 saturated carbocycles. The topological polar surface area (TPSA) is 74.7 Å². The highest BCUT2D eigenvalue weighted by Gasteiger charge is 2.23. The molecule has 106 valence electrons. The third kappa shape index (κ3) is 3.00. The van der Waals surface area contributed by atoms with E-state index in [1.54, 1.807) is 18.2 Å². The van der Waals surface area contributed by atoms with Crippen LogP contribution in [0.15, 0.2) is 47.5 Å². The molecule has 2 rings (SSSR count). The molecule has 0 spiro atoms. The molecule has 6 nitrogen and oxygen atoms in total. The van der Waals surface area contributed by atoms with Gasteiger partial charge in [-0.15, -0.1) is 0 Å². The number of ether oxygens (including phenoxy) is 2. The molecule has 0 unspecified atom stereocenters. The van der Waals surface area contributed by atoms with Gasteiger partial charge in [0.25, 0.3) is 0 Å². The van der Waals surface area contributed by atoms with Crippen LogP contribution in [0.1, 0.15) is 0 Å². The molecule has 0 radical (unpaired) electrons. The minimum absolute atomic E-state index is 0.0163. The van der Waals surface area contributed by atoms with Crippen LogP contribution < -0.4 is 13.7 Å². The maximum absolute atomic E-state index is 12.3. The highest BCUT2D eigenvalue weighted by Crippen LogP contribution is 2.29. The fourth-order valence-electron chi connectivity index (χ4n) is 1.53. The van der Waals surface area contributed by atoms with Gasteiger partial charge in [0.1, 0.15) is 11.5 Å². The van der Waals surface area contributed by atoms with Gasteiger partial charge in [0, 0.05) is 18.3 Å². The summed E-state index contributed by atoms with van der Waals surface area (Å²) in [4.78, 5) is 3.69. The Kier molecular flexibility index (Phi) is 4.09. The Morgan fingerprint density at radius 3 is 2.45 bits per heavy atom. The molecule has 0 aliphatic heterocycles. The minimum atomic E-state index is -4.06. The Morgan fingerprint density at radius 1 is 1.05 bits per heavy atom. The van der Waals surface area contributed by atoms with E-state index in [1.165, 1.54) is 38.6 Å². The summed E-state index contributed by atoms with van der Waals surface area (Å²) in [6, 6.07) is 9.15. The van der Waals surface area contributed by atoms with Crippen LogP contribution in [0.4, 0.5) is 0 Å². The van der Waals surface area contributed by atoms with Crippen molar-refractivity contribution < 1.29 is 22.1 Å². The Balaban J connectivity index is 2.43. The number of rotatable bonds is 5. The lowest BCUT2D eigenvalue weighted by Crippen LogP contribution is -2.12. The number of nitrogens with zero attached hydrogens (tertiary/aromatic N) is 1. The van der Waals surface area contributed by atoms with Crippen LogP contribution in [0.2, 0.25) is 0 Å². The van der Waals surface area contributed by atoms with Crippen molar-refractivity contribution in [1.82, 2.24) is 4.98 Å². The van der Waals surface area contributed by atoms with Crippen molar-refractivity contribution in [1.29, 1.82) is 0 Å². The average molecular weight is 295 g/mol. The zero-order valence-corrected chi connectivity index (χ0v) is 11.8. The molecule has 2 aromatic rings. The lowest BCUT2D eigenvalue weighted by atomic mass is 10.3. The van der Waals surface area contributed by atoms with Gasteiger partial charge in [0.2, 0.25) is 5.88 Å². The molecular formula is C13H13NO5S. The number of aromatic nitrogens is 1. The van der Waals surface area contributed by atoms with Gasteiger partial charge in [-0.05, 0) is 18.2 Å². The first kappa shape index (κ1) is 14.1. The molecule has 0 fully saturated rings. The second-order valence-corrected chi connectivity index (χ2v) is 5.24. The van der Waals surface area contributed by atoms with Crippen LogP contribution in [0, 0.1) is 0 Å². The van der Waals surface area contributed by atoms with Crippen molar-refractivity contribution in [3.05, 3.63) is 42.6 Å². The largest absolute Gasteiger partial charge is 0.497 e. The molecule has 0 aliphatic rings. The van der Waals surface area contributed by atoms with Crippen molar-refractivity contribution in [2.24, 2.45) is 0 Å². The van der Waals surface area contributed by atoms with Gasteiger partial charge in [-0.1, -0.05) is 6.07 Å². The van der Waals surface area contributed by atoms with Gasteiger partial charge >= 0.3 is 10.1 Å². The van der Waals surface area contributed by atoms with Crippen LogP contribution in [0.5, 0.6) is 17.4 Å². The zero-order valence-electron chi connectivity index (χ0n) is 10.9. The second kappa shape index (κ2) is 5.79. The molecule has 7 heteroatoms. The molecule has 0 N–H and O–H groups in total. The van der Waals surface area contributed by atoms with Crippen molar-refractivity contribution in [2.75, 3.05) is 14.2 Å². The summed E-state index contributed by atoms with van der Waals surface area (Å²) < 4.78 is 39.5. The molecule has 0 amide bonds. The van der Waals surface area contributed by atoms with Crippen molar-refractivity contribution in [3.63, 3.8) is 0 Å². The fraction of sp³-hybridized carbons (Fsp3) is 0.154. The van der Waals surface area contributed by atoms with E-state index in [-0.39, 0.29) is 16.5 Å². The summed E-state index contributed by atoms with van der Waals surface area (Å²) in [6.45, 7) is 0. The number of methoxy groups -OCH3 is 2. The Morgan fingerprint density at radius 2 is 1.85 bits per heavy atom. The van der Waals surface area contributed by atoms with Crippen molar-refractivity contribution in [2.45, 2.75) is 4.90 Å². The minimum Gasteiger partial charge on any atom is -0.497 e. The maximum atomic E-state index is 12.3. The quantitative estimate of drug-likeness (QED) is 0.784. The SMILES string of the molecule is COc1ccc(OC)c(S(=O)(=O)Oc2ccccn2)c1. The molecule has 0 bridgehead atoms. The van der Waals surface area contributed by atoms with E-state index in [0.29, 0.717) is 5.75 Å². The predicted molar refractivity (Wildman–Crippen MR) is 71.6 cm³/mol. The highest BCUT2D eigenvalue weighted by molar-refractivity contribution is 7.87. The first-order valence-electron chi connectivity index (χ1n) is 5.64. The van der Waals surface area contributed by atoms with Gasteiger partial charge in [-0.3, -0.25) is 0 Å². The highest BCUT2D eigenvalue weighted by atomic mass is 32.2. The number of hydrogen-bond acceptors (Lipinski definition) is 6. The Bertz CT molecular complexity index is 685. The average Bonchev–Trinajstić information content (AvgIpc) is 2.47. The summed E-state index contributed by atoms with van der Waals surface area (Å²) >= 11 is 0. The lowest BCUT2D eigenvalue weighted by molar-refractivity contribution is 0.388. The van der Waals surface area contributed by atoms with E-state index in [4.69, 9.17) is 13.7 Å². The first-order chi connectivity index (χ1) is 9.56. The Hall–Kier alpha value is -2.28. The lowest BCUT2D eigenvalue weighted by Gasteiger charge is -2.11. The first-order valence-corrected chi connectivity index (χ1v) is 7.05. The normalized spacial score (nSPS) is 10.9. The maximum Gasteiger partial charge on any atom is 0.344 e. The summed E-state index contributed by atoms with van der Waals surface area (Å²) in [7, 11) is -1.24. The molecule has 0 saturated heterocycles. The van der Waals surface area contributed by atoms with E-state index in [1.807, 2.05) is 0 Å². The fourth-order valence-corrected chi connectivity index (χ4v) is 2.60. The molecular weight excluding hydrogens is 282 g/mol. The zero-order chi connectivity index (χ0) is 14.6. The summed E-state index contributed by atoms with van der Waals surface area (Å²) in [5.41, 5.74) is 0. The number of pyridine rings is 1. The molecule has 1 aromatic heterocycles. The van der Waals surface area contributed by atoms with Crippen LogP contribution >= 0.6 is 0 Å². The number of benzene rings is 1.